The van der Waals surface area contributed by atoms with Gasteiger partial charge in [0.05, 0.1) is 0 Å². The fraction of sp³-hybridized carbons (Fsp3) is 0.0769. The van der Waals surface area contributed by atoms with E-state index in [4.69, 9.17) is 0 Å². The molecule has 0 radical (unpaired) electrons. The first-order valence-electron chi connectivity index (χ1n) is 18.6. The molecular weight excluding hydrogens is 639 g/mol. The Kier molecular flexibility index (Phi) is 7.30. The van der Waals surface area contributed by atoms with Gasteiger partial charge in [0.2, 0.25) is 0 Å². The summed E-state index contributed by atoms with van der Waals surface area (Å²) in [6.45, 7) is 4.78. The van der Waals surface area contributed by atoms with Gasteiger partial charge in [-0.25, -0.2) is 0 Å². The van der Waals surface area contributed by atoms with E-state index in [1.807, 2.05) is 0 Å². The molecule has 0 spiro atoms. The second kappa shape index (κ2) is 12.4. The molecule has 8 aromatic rings. The van der Waals surface area contributed by atoms with Crippen LogP contribution in [-0.2, 0) is 11.8 Å². The number of rotatable bonds is 6. The number of benzene rings is 8. The normalized spacial score (nSPS) is 13.8. The molecule has 0 aliphatic heterocycles. The van der Waals surface area contributed by atoms with E-state index in [9.17, 15) is 0 Å². The Hall–Kier alpha value is -6.44. The van der Waals surface area contributed by atoms with E-state index in [1.54, 1.807) is 0 Å². The van der Waals surface area contributed by atoms with Crippen LogP contribution in [0.3, 0.4) is 0 Å². The quantitative estimate of drug-likeness (QED) is 0.169. The third-order valence-corrected chi connectivity index (χ3v) is 11.5. The van der Waals surface area contributed by atoms with Gasteiger partial charge in [-0.1, -0.05) is 153 Å². The van der Waals surface area contributed by atoms with Gasteiger partial charge >= 0.3 is 0 Å². The first kappa shape index (κ1) is 31.3. The van der Waals surface area contributed by atoms with E-state index in [0.29, 0.717) is 0 Å². The summed E-state index contributed by atoms with van der Waals surface area (Å²) in [4.78, 5) is 2.37. The van der Waals surface area contributed by atoms with Crippen molar-refractivity contribution in [2.24, 2.45) is 0 Å². The Bertz CT molecular complexity index is 2600. The molecule has 0 atom stereocenters. The highest BCUT2D eigenvalue weighted by Gasteiger charge is 2.42. The minimum Gasteiger partial charge on any atom is -0.310 e. The highest BCUT2D eigenvalue weighted by Crippen LogP contribution is 2.56. The highest BCUT2D eigenvalue weighted by molar-refractivity contribution is 6.06. The summed E-state index contributed by atoms with van der Waals surface area (Å²) in [5.41, 5.74) is 19.5. The lowest BCUT2D eigenvalue weighted by Crippen LogP contribution is -2.16. The fourth-order valence-electron chi connectivity index (χ4n) is 8.82. The minimum atomic E-state index is 0.00515. The number of anilines is 3. The average Bonchev–Trinajstić information content (AvgIpc) is 3.72. The molecular formula is C52H39N. The van der Waals surface area contributed by atoms with Crippen LogP contribution in [0.15, 0.2) is 188 Å². The van der Waals surface area contributed by atoms with Gasteiger partial charge in [-0.3, -0.25) is 0 Å². The molecule has 2 aliphatic rings. The summed E-state index contributed by atoms with van der Waals surface area (Å²) in [7, 11) is 0. The molecule has 53 heavy (non-hydrogen) atoms. The molecule has 0 saturated carbocycles. The summed E-state index contributed by atoms with van der Waals surface area (Å²) in [5.74, 6) is 0. The Morgan fingerprint density at radius 3 is 1.55 bits per heavy atom. The Morgan fingerprint density at radius 2 is 0.887 bits per heavy atom. The summed E-state index contributed by atoms with van der Waals surface area (Å²) in [5, 5.41) is 2.45. The molecule has 10 rings (SSSR count). The number of nitrogens with zero attached hydrogens (tertiary/aromatic N) is 1. The first-order valence-corrected chi connectivity index (χ1v) is 18.6. The lowest BCUT2D eigenvalue weighted by Gasteiger charge is -2.26. The van der Waals surface area contributed by atoms with Gasteiger partial charge in [0.1, 0.15) is 0 Å². The van der Waals surface area contributed by atoms with Crippen molar-refractivity contribution < 1.29 is 0 Å². The van der Waals surface area contributed by atoms with Crippen molar-refractivity contribution >= 4 is 39.0 Å². The second-order valence-electron chi connectivity index (χ2n) is 15.0. The molecule has 0 aromatic heterocycles. The van der Waals surface area contributed by atoms with E-state index in [-0.39, 0.29) is 5.41 Å². The molecule has 0 fully saturated rings. The van der Waals surface area contributed by atoms with Crippen LogP contribution in [0, 0.1) is 0 Å². The maximum Gasteiger partial charge on any atom is 0.0468 e. The zero-order chi connectivity index (χ0) is 35.5. The molecule has 1 nitrogen and oxygen atoms in total. The molecule has 0 unspecified atom stereocenters. The predicted molar refractivity (Wildman–Crippen MR) is 225 cm³/mol. The number of hydrogen-bond acceptors (Lipinski definition) is 1. The standard InChI is InChI=1S/C52H39N/c1-52(2)50-30-24-42(33-48(50)49-34-43-15-9-10-16-47(43)51(49)52)39-17-18-41-32-46(29-23-40(41)31-39)53(44-25-19-37(20-26-44)35-11-5-3-6-12-35)45-27-21-38(22-28-45)36-13-7-4-8-14-36/h3-33H,34H2,1-2H3. The van der Waals surface area contributed by atoms with E-state index in [2.05, 4.69) is 207 Å². The smallest absolute Gasteiger partial charge is 0.0468 e. The third kappa shape index (κ3) is 5.31. The summed E-state index contributed by atoms with van der Waals surface area (Å²) in [6, 6.07) is 68.9. The Labute approximate surface area is 312 Å². The molecule has 0 bridgehead atoms. The van der Waals surface area contributed by atoms with Gasteiger partial charge in [0.25, 0.3) is 0 Å². The lowest BCUT2D eigenvalue weighted by molar-refractivity contribution is 0.704. The molecule has 0 heterocycles. The second-order valence-corrected chi connectivity index (χ2v) is 15.0. The minimum absolute atomic E-state index is 0.00515. The van der Waals surface area contributed by atoms with Crippen LogP contribution in [0.4, 0.5) is 17.1 Å². The van der Waals surface area contributed by atoms with Crippen LogP contribution in [-0.4, -0.2) is 0 Å². The van der Waals surface area contributed by atoms with Crippen LogP contribution in [0.1, 0.15) is 36.1 Å². The number of fused-ring (bicyclic) bond motifs is 5. The summed E-state index contributed by atoms with van der Waals surface area (Å²) < 4.78 is 0. The van der Waals surface area contributed by atoms with Crippen LogP contribution in [0.5, 0.6) is 0 Å². The molecule has 0 saturated heterocycles. The van der Waals surface area contributed by atoms with Crippen molar-refractivity contribution in [1.29, 1.82) is 0 Å². The maximum absolute atomic E-state index is 2.45. The zero-order valence-corrected chi connectivity index (χ0v) is 30.1. The van der Waals surface area contributed by atoms with Gasteiger partial charge in [0, 0.05) is 22.5 Å². The molecule has 1 heteroatoms. The Morgan fingerprint density at radius 1 is 0.396 bits per heavy atom. The maximum atomic E-state index is 2.45. The molecule has 0 amide bonds. The molecule has 252 valence electrons. The third-order valence-electron chi connectivity index (χ3n) is 11.5. The van der Waals surface area contributed by atoms with Crippen molar-refractivity contribution in [1.82, 2.24) is 0 Å². The Balaban J connectivity index is 1.01. The lowest BCUT2D eigenvalue weighted by atomic mass is 9.78. The van der Waals surface area contributed by atoms with E-state index >= 15 is 0 Å². The van der Waals surface area contributed by atoms with E-state index in [1.165, 1.54) is 77.6 Å². The van der Waals surface area contributed by atoms with Crippen molar-refractivity contribution in [3.63, 3.8) is 0 Å². The van der Waals surface area contributed by atoms with Gasteiger partial charge in [0.15, 0.2) is 0 Å². The van der Waals surface area contributed by atoms with Gasteiger partial charge in [-0.05, 0) is 133 Å². The largest absolute Gasteiger partial charge is 0.310 e. The van der Waals surface area contributed by atoms with Crippen LogP contribution in [0.2, 0.25) is 0 Å². The van der Waals surface area contributed by atoms with Crippen molar-refractivity contribution in [3.05, 3.63) is 210 Å². The van der Waals surface area contributed by atoms with Crippen LogP contribution >= 0.6 is 0 Å². The van der Waals surface area contributed by atoms with Crippen molar-refractivity contribution in [2.45, 2.75) is 25.7 Å². The van der Waals surface area contributed by atoms with Crippen molar-refractivity contribution in [2.75, 3.05) is 4.90 Å². The van der Waals surface area contributed by atoms with Gasteiger partial charge in [-0.2, -0.15) is 0 Å². The van der Waals surface area contributed by atoms with E-state index < -0.39 is 0 Å². The first-order chi connectivity index (χ1) is 26.0. The predicted octanol–water partition coefficient (Wildman–Crippen LogP) is 14.1. The molecule has 8 aromatic carbocycles. The van der Waals surface area contributed by atoms with Gasteiger partial charge < -0.3 is 4.90 Å². The molecule has 0 N–H and O–H groups in total. The van der Waals surface area contributed by atoms with E-state index in [0.717, 1.165) is 23.5 Å². The zero-order valence-electron chi connectivity index (χ0n) is 30.1. The highest BCUT2D eigenvalue weighted by atomic mass is 15.1. The SMILES string of the molecule is CC1(C)C2=C(Cc3ccccc32)c2cc(-c3ccc4cc(N(c5ccc(-c6ccccc6)cc5)c5ccc(-c6ccccc6)cc5)ccc4c3)ccc21. The van der Waals surface area contributed by atoms with Crippen LogP contribution < -0.4 is 4.90 Å². The fourth-order valence-corrected chi connectivity index (χ4v) is 8.82. The molecule has 2 aliphatic carbocycles. The average molecular weight is 678 g/mol. The number of hydrogen-bond donors (Lipinski definition) is 0. The number of allylic oxidation sites excluding steroid dienone is 2. The summed E-state index contributed by atoms with van der Waals surface area (Å²) >= 11 is 0. The topological polar surface area (TPSA) is 3.24 Å². The van der Waals surface area contributed by atoms with Gasteiger partial charge in [-0.15, -0.1) is 0 Å². The van der Waals surface area contributed by atoms with Crippen molar-refractivity contribution in [3.8, 4) is 33.4 Å². The van der Waals surface area contributed by atoms with Crippen LogP contribution in [0.25, 0.3) is 55.3 Å². The summed E-state index contributed by atoms with van der Waals surface area (Å²) in [6.07, 6.45) is 1.02. The monoisotopic (exact) mass is 677 g/mol.